The first-order valence-electron chi connectivity index (χ1n) is 10.3. The third-order valence-electron chi connectivity index (χ3n) is 4.25. The molecule has 0 spiro atoms. The molecule has 0 heterocycles. The van der Waals surface area contributed by atoms with Gasteiger partial charge >= 0.3 is 35.8 Å². The Morgan fingerprint density at radius 1 is 0.857 bits per heavy atom. The average Bonchev–Trinajstić information content (AvgIpc) is 2.60. The van der Waals surface area contributed by atoms with Crippen LogP contribution in [0.4, 0.5) is 35.1 Å². The molecule has 0 N–H and O–H groups in total. The second-order valence-corrected chi connectivity index (χ2v) is 18.1. The lowest BCUT2D eigenvalue weighted by Crippen LogP contribution is -2.62. The van der Waals surface area contributed by atoms with Gasteiger partial charge in [-0.15, -0.1) is 0 Å². The Morgan fingerprint density at radius 3 is 1.71 bits per heavy atom. The predicted molar refractivity (Wildman–Crippen MR) is 113 cm³/mol. The molecular formula is C19H30F8O6Si2. The molecule has 0 amide bonds. The topological polar surface area (TPSA) is 71.1 Å². The highest BCUT2D eigenvalue weighted by Gasteiger charge is 2.81. The fourth-order valence-electron chi connectivity index (χ4n) is 2.89. The van der Waals surface area contributed by atoms with Crippen molar-refractivity contribution in [3.63, 3.8) is 0 Å². The number of hydrogen-bond acceptors (Lipinski definition) is 6. The average molecular weight is 563 g/mol. The quantitative estimate of drug-likeness (QED) is 0.0918. The Kier molecular flexibility index (Phi) is 10.8. The van der Waals surface area contributed by atoms with E-state index in [1.54, 1.807) is 0 Å². The molecule has 0 aromatic carbocycles. The highest BCUT2D eigenvalue weighted by Crippen LogP contribution is 2.52. The third kappa shape index (κ3) is 9.13. The highest BCUT2D eigenvalue weighted by molar-refractivity contribution is 6.84. The van der Waals surface area contributed by atoms with Crippen LogP contribution in [0, 0.1) is 0 Å². The molecule has 0 saturated carbocycles. The Balaban J connectivity index is 5.19. The lowest BCUT2D eigenvalue weighted by atomic mass is 10.1. The highest BCUT2D eigenvalue weighted by atomic mass is 28.4. The summed E-state index contributed by atoms with van der Waals surface area (Å²) >= 11 is 0. The number of halogens is 8. The first kappa shape index (κ1) is 33.5. The van der Waals surface area contributed by atoms with E-state index in [0.29, 0.717) is 6.42 Å². The maximum atomic E-state index is 13.4. The molecule has 0 fully saturated rings. The van der Waals surface area contributed by atoms with Gasteiger partial charge in [0, 0.05) is 19.1 Å². The van der Waals surface area contributed by atoms with Gasteiger partial charge < -0.3 is 18.3 Å². The van der Waals surface area contributed by atoms with Crippen LogP contribution in [0.3, 0.4) is 0 Å². The van der Waals surface area contributed by atoms with Crippen LogP contribution in [0.25, 0.3) is 0 Å². The number of ether oxygens (including phenoxy) is 3. The second-order valence-electron chi connectivity index (χ2n) is 9.16. The van der Waals surface area contributed by atoms with Gasteiger partial charge in [-0.2, -0.15) is 35.1 Å². The Bertz CT molecular complexity index is 778. The lowest BCUT2D eigenvalue weighted by Gasteiger charge is -2.38. The van der Waals surface area contributed by atoms with E-state index in [1.807, 2.05) is 39.7 Å². The maximum absolute atomic E-state index is 13.4. The van der Waals surface area contributed by atoms with Crippen molar-refractivity contribution >= 4 is 28.6 Å². The van der Waals surface area contributed by atoms with E-state index in [0.717, 1.165) is 0 Å². The maximum Gasteiger partial charge on any atom is 0.473 e. The standard InChI is InChI=1S/C19H30F8O6Si2/c1-9-15(35(7,8)33-34(4,5)6)31-12(2)30-13(28)10-11-14(29)32-19(26,27)18(24,25)17(22,23)16(3,20)21/h10-12,15H,9H2,1-8H3/b11-10+. The molecule has 2 atom stereocenters. The minimum absolute atomic E-state index is 0.119. The summed E-state index contributed by atoms with van der Waals surface area (Å²) in [6.07, 6.45) is -6.98. The molecule has 0 aromatic rings. The van der Waals surface area contributed by atoms with E-state index >= 15 is 0 Å². The molecule has 16 heteroatoms. The van der Waals surface area contributed by atoms with Crippen molar-refractivity contribution in [2.75, 3.05) is 0 Å². The van der Waals surface area contributed by atoms with Crippen LogP contribution in [-0.2, 0) is 27.9 Å². The molecule has 2 unspecified atom stereocenters. The summed E-state index contributed by atoms with van der Waals surface area (Å²) in [5.74, 6) is -22.6. The van der Waals surface area contributed by atoms with Gasteiger partial charge in [-0.05, 0) is 46.1 Å². The normalized spacial score (nSPS) is 16.2. The minimum atomic E-state index is -6.77. The van der Waals surface area contributed by atoms with E-state index < -0.39 is 71.4 Å². The zero-order chi connectivity index (χ0) is 28.3. The summed E-state index contributed by atoms with van der Waals surface area (Å²) in [6.45, 7) is 12.2. The van der Waals surface area contributed by atoms with E-state index in [2.05, 4.69) is 4.74 Å². The number of rotatable bonds is 13. The summed E-state index contributed by atoms with van der Waals surface area (Å²) in [6, 6.07) is 0. The summed E-state index contributed by atoms with van der Waals surface area (Å²) in [5.41, 5.74) is -0.426. The summed E-state index contributed by atoms with van der Waals surface area (Å²) in [7, 11) is -4.33. The van der Waals surface area contributed by atoms with Crippen LogP contribution in [-0.4, -0.2) is 64.5 Å². The van der Waals surface area contributed by atoms with Crippen LogP contribution in [0.15, 0.2) is 12.2 Å². The van der Waals surface area contributed by atoms with Gasteiger partial charge in [-0.25, -0.2) is 9.59 Å². The number of carbonyl (C=O) groups excluding carboxylic acids is 2. The van der Waals surface area contributed by atoms with Gasteiger partial charge in [-0.1, -0.05) is 6.92 Å². The minimum Gasteiger partial charge on any atom is -0.454 e. The van der Waals surface area contributed by atoms with Crippen LogP contribution in [0.2, 0.25) is 32.7 Å². The molecule has 0 aromatic heterocycles. The molecular weight excluding hydrogens is 532 g/mol. The van der Waals surface area contributed by atoms with Crippen molar-refractivity contribution < 1.29 is 63.0 Å². The molecule has 0 aliphatic heterocycles. The van der Waals surface area contributed by atoms with Gasteiger partial charge in [0.25, 0.3) is 0 Å². The molecule has 0 rings (SSSR count). The van der Waals surface area contributed by atoms with Crippen molar-refractivity contribution in [1.82, 2.24) is 0 Å². The molecule has 0 saturated heterocycles. The van der Waals surface area contributed by atoms with Crippen molar-refractivity contribution in [2.24, 2.45) is 0 Å². The Labute approximate surface area is 200 Å². The molecule has 0 aliphatic carbocycles. The first-order chi connectivity index (χ1) is 15.3. The van der Waals surface area contributed by atoms with Crippen LogP contribution in [0.5, 0.6) is 0 Å². The van der Waals surface area contributed by atoms with Crippen molar-refractivity contribution in [1.29, 1.82) is 0 Å². The number of carbonyl (C=O) groups is 2. The molecule has 6 nitrogen and oxygen atoms in total. The fourth-order valence-corrected chi connectivity index (χ4v) is 11.2. The van der Waals surface area contributed by atoms with Gasteiger partial charge in [0.15, 0.2) is 8.32 Å². The predicted octanol–water partition coefficient (Wildman–Crippen LogP) is 5.88. The number of alkyl halides is 8. The van der Waals surface area contributed by atoms with Gasteiger partial charge in [0.05, 0.1) is 5.73 Å². The number of hydrogen-bond donors (Lipinski definition) is 0. The third-order valence-corrected chi connectivity index (χ3v) is 10.9. The molecule has 0 radical (unpaired) electrons. The van der Waals surface area contributed by atoms with E-state index in [9.17, 15) is 44.7 Å². The summed E-state index contributed by atoms with van der Waals surface area (Å²) < 4.78 is 125. The summed E-state index contributed by atoms with van der Waals surface area (Å²) in [5, 5.41) is 0. The van der Waals surface area contributed by atoms with Gasteiger partial charge in [0.1, 0.15) is 0 Å². The molecule has 0 bridgehead atoms. The van der Waals surface area contributed by atoms with Crippen molar-refractivity contribution in [3.8, 4) is 0 Å². The van der Waals surface area contributed by atoms with Crippen LogP contribution >= 0.6 is 0 Å². The molecule has 35 heavy (non-hydrogen) atoms. The molecule has 0 aliphatic rings. The largest absolute Gasteiger partial charge is 0.473 e. The second kappa shape index (κ2) is 11.2. The number of esters is 2. The zero-order valence-electron chi connectivity index (χ0n) is 20.5. The van der Waals surface area contributed by atoms with E-state index in [4.69, 9.17) is 13.6 Å². The summed E-state index contributed by atoms with van der Waals surface area (Å²) in [4.78, 5) is 23.2. The monoisotopic (exact) mass is 562 g/mol. The fraction of sp³-hybridized carbons (Fsp3) is 0.789. The first-order valence-corrected chi connectivity index (χ1v) is 16.7. The van der Waals surface area contributed by atoms with Crippen LogP contribution in [0.1, 0.15) is 27.2 Å². The van der Waals surface area contributed by atoms with Crippen molar-refractivity contribution in [3.05, 3.63) is 12.2 Å². The van der Waals surface area contributed by atoms with Crippen molar-refractivity contribution in [2.45, 2.75) is 95.8 Å². The Hall–Kier alpha value is -1.53. The van der Waals surface area contributed by atoms with Crippen LogP contribution < -0.4 is 0 Å². The Morgan fingerprint density at radius 2 is 1.31 bits per heavy atom. The zero-order valence-corrected chi connectivity index (χ0v) is 22.5. The van der Waals surface area contributed by atoms with E-state index in [-0.39, 0.29) is 12.2 Å². The van der Waals surface area contributed by atoms with E-state index in [1.165, 1.54) is 6.92 Å². The van der Waals surface area contributed by atoms with Gasteiger partial charge in [0.2, 0.25) is 14.6 Å². The smallest absolute Gasteiger partial charge is 0.454 e. The SMILES string of the molecule is CCC(OC(C)OC(=O)/C=C/C(=O)OC(F)(F)C(F)(F)C(F)(F)C(C)(F)F)[Si](C)(C)O[Si](C)(C)C. The lowest BCUT2D eigenvalue weighted by molar-refractivity contribution is -0.413. The molecule has 206 valence electrons. The van der Waals surface area contributed by atoms with Gasteiger partial charge in [-0.3, -0.25) is 0 Å².